The van der Waals surface area contributed by atoms with Crippen LogP contribution in [-0.2, 0) is 0 Å². The van der Waals surface area contributed by atoms with E-state index in [1.54, 1.807) is 23.5 Å². The third-order valence-electron chi connectivity index (χ3n) is 6.88. The summed E-state index contributed by atoms with van der Waals surface area (Å²) in [4.78, 5) is 1.07. The van der Waals surface area contributed by atoms with Crippen LogP contribution in [0.3, 0.4) is 0 Å². The summed E-state index contributed by atoms with van der Waals surface area (Å²) in [7, 11) is 0. The average Bonchev–Trinajstić information content (AvgIpc) is 3.50. The Bertz CT molecular complexity index is 1780. The molecule has 0 spiro atoms. The van der Waals surface area contributed by atoms with Gasteiger partial charge in [0.15, 0.2) is 0 Å². The molecule has 0 saturated carbocycles. The first-order valence-electron chi connectivity index (χ1n) is 12.5. The number of nitrogens with two attached hydrogens (primary N) is 3. The van der Waals surface area contributed by atoms with Crippen LogP contribution < -0.4 is 17.2 Å². The van der Waals surface area contributed by atoms with Gasteiger partial charge in [-0.15, -0.1) is 11.3 Å². The molecule has 6 aromatic rings. The summed E-state index contributed by atoms with van der Waals surface area (Å²) in [6.45, 7) is 0. The highest BCUT2D eigenvalue weighted by Crippen LogP contribution is 2.48. The van der Waals surface area contributed by atoms with Gasteiger partial charge in [0.25, 0.3) is 0 Å². The van der Waals surface area contributed by atoms with Crippen molar-refractivity contribution in [3.05, 3.63) is 126 Å². The molecule has 1 radical (unpaired) electrons. The fraction of sp³-hybridized carbons (Fsp3) is 0. The molecule has 0 aliphatic carbocycles. The summed E-state index contributed by atoms with van der Waals surface area (Å²) in [6.07, 6.45) is 0. The van der Waals surface area contributed by atoms with E-state index in [-0.39, 0.29) is 5.82 Å². The molecule has 0 atom stereocenters. The molecule has 0 unspecified atom stereocenters. The van der Waals surface area contributed by atoms with Gasteiger partial charge in [0, 0.05) is 55.8 Å². The molecule has 1 heterocycles. The van der Waals surface area contributed by atoms with Crippen LogP contribution in [0.25, 0.3) is 54.9 Å². The van der Waals surface area contributed by atoms with Gasteiger partial charge in [-0.3, -0.25) is 0 Å². The summed E-state index contributed by atoms with van der Waals surface area (Å²) < 4.78 is 13.6. The van der Waals surface area contributed by atoms with Crippen molar-refractivity contribution in [1.82, 2.24) is 0 Å². The SMILES string of the molecule is Nc1[c]cc(-c2cccs2)c(-c2cc(-c3ccccc3)ccc2N)c1-c1cc(-c2ccc(F)cc2)ccc1N. The van der Waals surface area contributed by atoms with Gasteiger partial charge in [-0.1, -0.05) is 60.7 Å². The summed E-state index contributed by atoms with van der Waals surface area (Å²) in [5.41, 5.74) is 29.8. The van der Waals surface area contributed by atoms with Gasteiger partial charge in [-0.25, -0.2) is 4.39 Å². The highest BCUT2D eigenvalue weighted by molar-refractivity contribution is 7.13. The van der Waals surface area contributed by atoms with E-state index >= 15 is 0 Å². The van der Waals surface area contributed by atoms with Crippen molar-refractivity contribution >= 4 is 28.4 Å². The molecule has 0 aliphatic heterocycles. The second-order valence-electron chi connectivity index (χ2n) is 9.32. The molecule has 0 aliphatic rings. The van der Waals surface area contributed by atoms with Gasteiger partial charge in [0.1, 0.15) is 5.82 Å². The van der Waals surface area contributed by atoms with Crippen LogP contribution >= 0.6 is 11.3 Å². The molecular weight excluding hydrogens is 501 g/mol. The quantitative estimate of drug-likeness (QED) is 0.196. The normalized spacial score (nSPS) is 11.0. The fourth-order valence-corrected chi connectivity index (χ4v) is 5.68. The fourth-order valence-electron chi connectivity index (χ4n) is 4.93. The van der Waals surface area contributed by atoms with Crippen molar-refractivity contribution in [3.8, 4) is 54.9 Å². The first kappa shape index (κ1) is 24.5. The van der Waals surface area contributed by atoms with Crippen molar-refractivity contribution in [2.24, 2.45) is 0 Å². The highest BCUT2D eigenvalue weighted by Gasteiger charge is 2.22. The largest absolute Gasteiger partial charge is 0.398 e. The Morgan fingerprint density at radius 3 is 1.77 bits per heavy atom. The maximum Gasteiger partial charge on any atom is 0.123 e. The monoisotopic (exact) mass is 526 g/mol. The standard InChI is InChI=1S/C34H25FN3S/c35-25-12-8-22(9-13-25)24-11-16-30(37)28(20-24)34-31(38)17-14-26(32-7-4-18-39-32)33(34)27-19-23(10-15-29(27)36)21-5-2-1-3-6-21/h1-16,18-20H,36-38H2. The maximum absolute atomic E-state index is 13.6. The minimum atomic E-state index is -0.284. The molecular formula is C34H25FN3S. The van der Waals surface area contributed by atoms with Crippen molar-refractivity contribution in [3.63, 3.8) is 0 Å². The molecule has 5 aromatic carbocycles. The van der Waals surface area contributed by atoms with Crippen LogP contribution in [-0.4, -0.2) is 0 Å². The third-order valence-corrected chi connectivity index (χ3v) is 7.78. The zero-order valence-electron chi connectivity index (χ0n) is 21.0. The topological polar surface area (TPSA) is 78.1 Å². The van der Waals surface area contributed by atoms with Crippen LogP contribution in [0.15, 0.2) is 115 Å². The van der Waals surface area contributed by atoms with Gasteiger partial charge in [0.05, 0.1) is 0 Å². The predicted molar refractivity (Wildman–Crippen MR) is 164 cm³/mol. The molecule has 5 heteroatoms. The molecule has 6 rings (SSSR count). The van der Waals surface area contributed by atoms with E-state index in [9.17, 15) is 4.39 Å². The van der Waals surface area contributed by atoms with E-state index in [1.807, 2.05) is 66.0 Å². The van der Waals surface area contributed by atoms with Crippen LogP contribution in [0.2, 0.25) is 0 Å². The molecule has 1 aromatic heterocycles. The number of benzene rings is 5. The third kappa shape index (κ3) is 4.65. The Morgan fingerprint density at radius 2 is 1.15 bits per heavy atom. The van der Waals surface area contributed by atoms with Crippen LogP contribution in [0.1, 0.15) is 0 Å². The van der Waals surface area contributed by atoms with Crippen molar-refractivity contribution in [2.75, 3.05) is 17.2 Å². The first-order chi connectivity index (χ1) is 19.0. The molecule has 0 amide bonds. The average molecular weight is 527 g/mol. The summed E-state index contributed by atoms with van der Waals surface area (Å²) in [6, 6.07) is 37.8. The lowest BCUT2D eigenvalue weighted by Gasteiger charge is -2.21. The van der Waals surface area contributed by atoms with Crippen LogP contribution in [0, 0.1) is 11.9 Å². The first-order valence-corrected chi connectivity index (χ1v) is 13.4. The molecule has 189 valence electrons. The Morgan fingerprint density at radius 1 is 0.564 bits per heavy atom. The van der Waals surface area contributed by atoms with Gasteiger partial charge in [-0.2, -0.15) is 0 Å². The second kappa shape index (κ2) is 10.1. The number of thiophene rings is 1. The van der Waals surface area contributed by atoms with E-state index in [2.05, 4.69) is 30.3 Å². The Kier molecular flexibility index (Phi) is 6.35. The Hall–Kier alpha value is -4.87. The lowest BCUT2D eigenvalue weighted by atomic mass is 9.85. The number of hydrogen-bond acceptors (Lipinski definition) is 4. The number of nitrogen functional groups attached to an aromatic ring is 3. The smallest absolute Gasteiger partial charge is 0.123 e. The van der Waals surface area contributed by atoms with E-state index in [4.69, 9.17) is 17.2 Å². The zero-order chi connectivity index (χ0) is 26.9. The number of halogens is 1. The molecule has 6 N–H and O–H groups in total. The second-order valence-corrected chi connectivity index (χ2v) is 10.3. The number of hydrogen-bond donors (Lipinski definition) is 3. The Balaban J connectivity index is 1.65. The summed E-state index contributed by atoms with van der Waals surface area (Å²) in [5, 5.41) is 2.04. The highest BCUT2D eigenvalue weighted by atomic mass is 32.1. The number of rotatable bonds is 5. The minimum Gasteiger partial charge on any atom is -0.398 e. The lowest BCUT2D eigenvalue weighted by Crippen LogP contribution is -2.01. The molecule has 0 bridgehead atoms. The molecule has 0 saturated heterocycles. The predicted octanol–water partition coefficient (Wildman–Crippen LogP) is 8.77. The summed E-state index contributed by atoms with van der Waals surface area (Å²) >= 11 is 1.64. The lowest BCUT2D eigenvalue weighted by molar-refractivity contribution is 0.628. The zero-order valence-corrected chi connectivity index (χ0v) is 21.8. The van der Waals surface area contributed by atoms with E-state index in [0.29, 0.717) is 17.1 Å². The molecule has 39 heavy (non-hydrogen) atoms. The van der Waals surface area contributed by atoms with Gasteiger partial charge in [-0.05, 0) is 76.2 Å². The van der Waals surface area contributed by atoms with E-state index in [0.717, 1.165) is 54.9 Å². The van der Waals surface area contributed by atoms with Crippen LogP contribution in [0.5, 0.6) is 0 Å². The molecule has 3 nitrogen and oxygen atoms in total. The maximum atomic E-state index is 13.6. The molecule has 0 fully saturated rings. The van der Waals surface area contributed by atoms with Crippen molar-refractivity contribution in [2.45, 2.75) is 0 Å². The van der Waals surface area contributed by atoms with Crippen LogP contribution in [0.4, 0.5) is 21.5 Å². The van der Waals surface area contributed by atoms with Gasteiger partial charge < -0.3 is 17.2 Å². The van der Waals surface area contributed by atoms with Gasteiger partial charge >= 0.3 is 0 Å². The Labute approximate surface area is 231 Å². The minimum absolute atomic E-state index is 0.284. The van der Waals surface area contributed by atoms with Gasteiger partial charge in [0.2, 0.25) is 0 Å². The van der Waals surface area contributed by atoms with Crippen molar-refractivity contribution in [1.29, 1.82) is 0 Å². The van der Waals surface area contributed by atoms with E-state index in [1.165, 1.54) is 12.1 Å². The number of anilines is 3. The summed E-state index contributed by atoms with van der Waals surface area (Å²) in [5.74, 6) is -0.284. The van der Waals surface area contributed by atoms with E-state index < -0.39 is 0 Å². The van der Waals surface area contributed by atoms with Crippen molar-refractivity contribution < 1.29 is 4.39 Å².